The second-order valence-electron chi connectivity index (χ2n) is 5.59. The lowest BCUT2D eigenvalue weighted by Gasteiger charge is -2.11. The molecule has 0 unspecified atom stereocenters. The molecule has 3 rings (SSSR count). The number of nitrogens with zero attached hydrogens (tertiary/aromatic N) is 2. The van der Waals surface area contributed by atoms with Gasteiger partial charge in [-0.2, -0.15) is 0 Å². The van der Waals surface area contributed by atoms with Crippen molar-refractivity contribution >= 4 is 10.9 Å². The molecule has 0 spiro atoms. The third-order valence-electron chi connectivity index (χ3n) is 3.94. The summed E-state index contributed by atoms with van der Waals surface area (Å²) in [4.78, 5) is 12.7. The molecular weight excluding hydrogens is 308 g/mol. The lowest BCUT2D eigenvalue weighted by atomic mass is 10.1. The molecule has 3 aromatic rings. The molecule has 0 radical (unpaired) electrons. The van der Waals surface area contributed by atoms with E-state index in [9.17, 15) is 10.0 Å². The number of aryl methyl sites for hydroxylation is 1. The van der Waals surface area contributed by atoms with Gasteiger partial charge in [-0.25, -0.2) is 0 Å². The lowest BCUT2D eigenvalue weighted by molar-refractivity contribution is -0.885. The van der Waals surface area contributed by atoms with Crippen molar-refractivity contribution in [3.05, 3.63) is 64.2 Å². The molecule has 0 saturated carbocycles. The Morgan fingerprint density at radius 3 is 2.67 bits per heavy atom. The molecule has 0 fully saturated rings. The summed E-state index contributed by atoms with van der Waals surface area (Å²) >= 11 is 0. The Kier molecular flexibility index (Phi) is 4.12. The zero-order valence-corrected chi connectivity index (χ0v) is 13.8. The van der Waals surface area contributed by atoms with Gasteiger partial charge in [-0.1, -0.05) is 0 Å². The van der Waals surface area contributed by atoms with E-state index in [0.717, 1.165) is 15.9 Å². The molecule has 2 aromatic heterocycles. The highest BCUT2D eigenvalue weighted by Gasteiger charge is 2.17. The first-order valence-electron chi connectivity index (χ1n) is 7.49. The summed E-state index contributed by atoms with van der Waals surface area (Å²) < 4.78 is 13.0. The maximum absolute atomic E-state index is 12.7. The van der Waals surface area contributed by atoms with Crippen molar-refractivity contribution in [2.45, 2.75) is 13.5 Å². The number of hydrogen-bond donors (Lipinski definition) is 1. The van der Waals surface area contributed by atoms with E-state index < -0.39 is 0 Å². The fourth-order valence-electron chi connectivity index (χ4n) is 2.75. The molecule has 24 heavy (non-hydrogen) atoms. The van der Waals surface area contributed by atoms with Crippen LogP contribution in [-0.4, -0.2) is 24.0 Å². The largest absolute Gasteiger partial charge is 0.497 e. The molecule has 0 aliphatic carbocycles. The maximum atomic E-state index is 12.7. The summed E-state index contributed by atoms with van der Waals surface area (Å²) in [6.45, 7) is 2.19. The van der Waals surface area contributed by atoms with Crippen molar-refractivity contribution < 1.29 is 19.4 Å². The molecule has 6 heteroatoms. The van der Waals surface area contributed by atoms with Gasteiger partial charge < -0.3 is 14.0 Å². The lowest BCUT2D eigenvalue weighted by Crippen LogP contribution is -2.38. The van der Waals surface area contributed by atoms with Crippen LogP contribution in [0.4, 0.5) is 0 Å². The second kappa shape index (κ2) is 6.23. The van der Waals surface area contributed by atoms with E-state index in [-0.39, 0.29) is 11.1 Å². The quantitative estimate of drug-likeness (QED) is 0.587. The summed E-state index contributed by atoms with van der Waals surface area (Å²) in [7, 11) is 3.16. The Hall–Kier alpha value is -3.02. The minimum absolute atomic E-state index is 0.246. The van der Waals surface area contributed by atoms with Crippen LogP contribution < -0.4 is 19.8 Å². The van der Waals surface area contributed by atoms with Crippen molar-refractivity contribution in [2.24, 2.45) is 0 Å². The number of pyridine rings is 2. The predicted octanol–water partition coefficient (Wildman–Crippen LogP) is 1.90. The average molecular weight is 327 g/mol. The van der Waals surface area contributed by atoms with Gasteiger partial charge in [0.1, 0.15) is 11.5 Å². The van der Waals surface area contributed by atoms with E-state index in [4.69, 9.17) is 9.47 Å². The van der Waals surface area contributed by atoms with Crippen LogP contribution in [-0.2, 0) is 6.54 Å². The summed E-state index contributed by atoms with van der Waals surface area (Å²) in [6.07, 6.45) is 3.23. The molecule has 0 aliphatic heterocycles. The molecule has 1 N–H and O–H groups in total. The highest BCUT2D eigenvalue weighted by Crippen LogP contribution is 2.25. The van der Waals surface area contributed by atoms with Crippen molar-refractivity contribution in [3.8, 4) is 11.5 Å². The Bertz CT molecular complexity index is 963. The van der Waals surface area contributed by atoms with Crippen molar-refractivity contribution in [3.63, 3.8) is 0 Å². The first-order valence-corrected chi connectivity index (χ1v) is 7.49. The molecule has 0 atom stereocenters. The first-order chi connectivity index (χ1) is 11.5. The van der Waals surface area contributed by atoms with E-state index in [1.807, 2.05) is 31.2 Å². The number of hydrogen-bond acceptors (Lipinski definition) is 4. The molecular formula is C18H19N2O4+. The highest BCUT2D eigenvalue weighted by atomic mass is 16.5. The molecule has 1 aromatic carbocycles. The predicted molar refractivity (Wildman–Crippen MR) is 89.0 cm³/mol. The van der Waals surface area contributed by atoms with Crippen LogP contribution in [0.2, 0.25) is 0 Å². The summed E-state index contributed by atoms with van der Waals surface area (Å²) in [5.74, 6) is 1.33. The smallest absolute Gasteiger partial charge is 0.329 e. The Balaban J connectivity index is 2.08. The minimum atomic E-state index is -0.270. The third kappa shape index (κ3) is 2.78. The Morgan fingerprint density at radius 1 is 1.17 bits per heavy atom. The Morgan fingerprint density at radius 2 is 1.96 bits per heavy atom. The van der Waals surface area contributed by atoms with Gasteiger partial charge >= 0.3 is 11.1 Å². The van der Waals surface area contributed by atoms with Crippen LogP contribution in [0.5, 0.6) is 11.5 Å². The average Bonchev–Trinajstić information content (AvgIpc) is 2.57. The zero-order chi connectivity index (χ0) is 17.3. The van der Waals surface area contributed by atoms with Crippen LogP contribution in [0.3, 0.4) is 0 Å². The fourth-order valence-corrected chi connectivity index (χ4v) is 2.75. The van der Waals surface area contributed by atoms with E-state index in [2.05, 4.69) is 0 Å². The van der Waals surface area contributed by atoms with Gasteiger partial charge in [-0.3, -0.25) is 10.0 Å². The van der Waals surface area contributed by atoms with E-state index in [1.165, 1.54) is 10.8 Å². The van der Waals surface area contributed by atoms with Crippen LogP contribution >= 0.6 is 0 Å². The summed E-state index contributed by atoms with van der Waals surface area (Å²) in [5, 5.41) is 10.7. The standard InChI is InChI=1S/C18H19N2O4/c1-12-8-13-6-7-19(18(21)17(13)20(22)10-12)11-14-4-5-15(23-2)9-16(14)24-3/h4-10,22H,11H2,1-3H3/q+1. The number of aromatic nitrogens is 2. The zero-order valence-electron chi connectivity index (χ0n) is 13.8. The van der Waals surface area contributed by atoms with Crippen molar-refractivity contribution in [2.75, 3.05) is 14.2 Å². The second-order valence-corrected chi connectivity index (χ2v) is 5.59. The van der Waals surface area contributed by atoms with Gasteiger partial charge in [-0.15, -0.1) is 0 Å². The van der Waals surface area contributed by atoms with Crippen molar-refractivity contribution in [1.82, 2.24) is 4.57 Å². The van der Waals surface area contributed by atoms with E-state index in [0.29, 0.717) is 23.4 Å². The number of rotatable bonds is 4. The summed E-state index contributed by atoms with van der Waals surface area (Å²) in [6, 6.07) is 9.13. The number of methoxy groups -OCH3 is 2. The number of fused-ring (bicyclic) bond motifs is 1. The van der Waals surface area contributed by atoms with Crippen molar-refractivity contribution in [1.29, 1.82) is 0 Å². The molecule has 0 saturated heterocycles. The minimum Gasteiger partial charge on any atom is -0.497 e. The SMILES string of the molecule is COc1ccc(Cn2ccc3cc(C)c[n+](O)c3c2=O)c(OC)c1. The highest BCUT2D eigenvalue weighted by molar-refractivity contribution is 5.74. The van der Waals surface area contributed by atoms with Gasteiger partial charge in [0.15, 0.2) is 0 Å². The van der Waals surface area contributed by atoms with Gasteiger partial charge in [0, 0.05) is 28.1 Å². The molecule has 0 aliphatic rings. The molecule has 2 heterocycles. The van der Waals surface area contributed by atoms with Gasteiger partial charge in [0.05, 0.1) is 26.2 Å². The van der Waals surface area contributed by atoms with E-state index >= 15 is 0 Å². The molecule has 6 nitrogen and oxygen atoms in total. The first kappa shape index (κ1) is 15.9. The van der Waals surface area contributed by atoms with Gasteiger partial charge in [0.2, 0.25) is 6.20 Å². The fraction of sp³-hybridized carbons (Fsp3) is 0.222. The van der Waals surface area contributed by atoms with Crippen LogP contribution in [0, 0.1) is 6.92 Å². The third-order valence-corrected chi connectivity index (χ3v) is 3.94. The monoisotopic (exact) mass is 327 g/mol. The topological polar surface area (TPSA) is 64.6 Å². The molecule has 0 amide bonds. The van der Waals surface area contributed by atoms with Crippen LogP contribution in [0.1, 0.15) is 11.1 Å². The summed E-state index contributed by atoms with van der Waals surface area (Å²) in [5.41, 5.74) is 1.69. The number of ether oxygens (including phenoxy) is 2. The number of benzene rings is 1. The van der Waals surface area contributed by atoms with Gasteiger partial charge in [0.25, 0.3) is 0 Å². The van der Waals surface area contributed by atoms with Crippen LogP contribution in [0.25, 0.3) is 10.9 Å². The van der Waals surface area contributed by atoms with E-state index in [1.54, 1.807) is 26.5 Å². The van der Waals surface area contributed by atoms with Crippen LogP contribution in [0.15, 0.2) is 47.5 Å². The normalized spacial score (nSPS) is 10.8. The Labute approximate surface area is 139 Å². The maximum Gasteiger partial charge on any atom is 0.329 e. The molecule has 0 bridgehead atoms. The van der Waals surface area contributed by atoms with Gasteiger partial charge in [-0.05, 0) is 31.2 Å². The molecule has 124 valence electrons.